The summed E-state index contributed by atoms with van der Waals surface area (Å²) in [6.45, 7) is 0. The first-order valence-corrected chi connectivity index (χ1v) is 10.3. The van der Waals surface area contributed by atoms with Crippen LogP contribution in [0.15, 0.2) is 10.2 Å². The molecule has 2 N–H and O–H groups in total. The number of hydrogen-bond acceptors (Lipinski definition) is 4. The van der Waals surface area contributed by atoms with E-state index in [9.17, 15) is 9.59 Å². The van der Waals surface area contributed by atoms with E-state index in [4.69, 9.17) is 0 Å². The van der Waals surface area contributed by atoms with Gasteiger partial charge in [0.15, 0.2) is 0 Å². The first-order valence-electron chi connectivity index (χ1n) is 10.3. The predicted octanol–water partition coefficient (Wildman–Crippen LogP) is 2.84. The van der Waals surface area contributed by atoms with Crippen LogP contribution >= 0.6 is 0 Å². The van der Waals surface area contributed by atoms with Crippen LogP contribution in [0.1, 0.15) is 64.2 Å². The molecule has 0 unspecified atom stereocenters. The van der Waals surface area contributed by atoms with Gasteiger partial charge in [-0.25, -0.2) is 10.9 Å². The molecule has 0 spiro atoms. The van der Waals surface area contributed by atoms with E-state index in [2.05, 4.69) is 21.1 Å². The van der Waals surface area contributed by atoms with Gasteiger partial charge in [-0.3, -0.25) is 9.59 Å². The molecule has 4 fully saturated rings. The van der Waals surface area contributed by atoms with Gasteiger partial charge < -0.3 is 0 Å². The molecule has 0 aromatic carbocycles. The summed E-state index contributed by atoms with van der Waals surface area (Å²) >= 11 is 0. The van der Waals surface area contributed by atoms with E-state index in [1.165, 1.54) is 51.4 Å². The molecule has 2 amide bonds. The molecular formula is C20H30N4O2. The highest BCUT2D eigenvalue weighted by molar-refractivity contribution is 5.84. The maximum Gasteiger partial charge on any atom is 0.240 e. The summed E-state index contributed by atoms with van der Waals surface area (Å²) in [7, 11) is 0. The van der Waals surface area contributed by atoms with E-state index in [0.29, 0.717) is 11.8 Å². The second-order valence-corrected chi connectivity index (χ2v) is 8.80. The van der Waals surface area contributed by atoms with Crippen molar-refractivity contribution in [2.75, 3.05) is 0 Å². The zero-order valence-corrected chi connectivity index (χ0v) is 15.4. The van der Waals surface area contributed by atoms with Crippen LogP contribution < -0.4 is 10.9 Å². The van der Waals surface area contributed by atoms with Crippen molar-refractivity contribution in [3.63, 3.8) is 0 Å². The van der Waals surface area contributed by atoms with Crippen LogP contribution in [0.4, 0.5) is 0 Å². The number of rotatable bonds is 7. The molecule has 4 saturated carbocycles. The molecule has 0 aliphatic heterocycles. The molecular weight excluding hydrogens is 328 g/mol. The number of carbonyl (C=O) groups excluding carboxylic acids is 2. The van der Waals surface area contributed by atoms with Crippen molar-refractivity contribution in [2.24, 2.45) is 45.7 Å². The Kier molecular flexibility index (Phi) is 5.36. The number of nitrogens with one attached hydrogen (secondary N) is 2. The van der Waals surface area contributed by atoms with Crippen LogP contribution in [-0.2, 0) is 9.59 Å². The topological polar surface area (TPSA) is 82.9 Å². The molecule has 4 aliphatic carbocycles. The van der Waals surface area contributed by atoms with Gasteiger partial charge in [-0.2, -0.15) is 10.2 Å². The zero-order chi connectivity index (χ0) is 17.9. The summed E-state index contributed by atoms with van der Waals surface area (Å²) in [5.74, 6) is 3.90. The number of nitrogens with zero attached hydrogens (tertiary/aromatic N) is 2. The van der Waals surface area contributed by atoms with E-state index in [0.717, 1.165) is 23.7 Å². The van der Waals surface area contributed by atoms with Crippen molar-refractivity contribution in [1.82, 2.24) is 10.9 Å². The van der Waals surface area contributed by atoms with E-state index in [1.54, 1.807) is 0 Å². The van der Waals surface area contributed by atoms with Gasteiger partial charge in [0.25, 0.3) is 0 Å². The maximum absolute atomic E-state index is 11.8. The third-order valence-electron chi connectivity index (χ3n) is 7.08. The summed E-state index contributed by atoms with van der Waals surface area (Å²) in [6.07, 6.45) is 14.5. The lowest BCUT2D eigenvalue weighted by Gasteiger charge is -2.16. The Balaban J connectivity index is 1.09. The highest BCUT2D eigenvalue weighted by Gasteiger charge is 2.39. The second kappa shape index (κ2) is 7.89. The van der Waals surface area contributed by atoms with Gasteiger partial charge in [-0.1, -0.05) is 12.8 Å². The SMILES string of the molecule is O=C(CCC(=O)N/N=C\[C@H]1C[C@H]2CC[C@H]1C2)N/N=C\[C@H]1C[C@@H]2CC[C@H]1C2. The second-order valence-electron chi connectivity index (χ2n) is 8.80. The van der Waals surface area contributed by atoms with Crippen molar-refractivity contribution < 1.29 is 9.59 Å². The monoisotopic (exact) mass is 358 g/mol. The molecule has 0 radical (unpaired) electrons. The number of carbonyl (C=O) groups is 2. The Morgan fingerprint density at radius 2 is 1.19 bits per heavy atom. The Morgan fingerprint density at radius 1 is 0.731 bits per heavy atom. The molecule has 0 heterocycles. The predicted molar refractivity (Wildman–Crippen MR) is 100 cm³/mol. The van der Waals surface area contributed by atoms with Gasteiger partial charge in [0.1, 0.15) is 0 Å². The molecule has 0 aromatic rings. The first kappa shape index (κ1) is 17.7. The van der Waals surface area contributed by atoms with E-state index in [1.807, 2.05) is 12.4 Å². The Labute approximate surface area is 155 Å². The summed E-state index contributed by atoms with van der Waals surface area (Å²) in [6, 6.07) is 0. The van der Waals surface area contributed by atoms with Crippen LogP contribution in [0, 0.1) is 35.5 Å². The molecule has 4 bridgehead atoms. The number of hydrazone groups is 2. The highest BCUT2D eigenvalue weighted by Crippen LogP contribution is 2.48. The molecule has 4 aliphatic rings. The molecule has 0 saturated heterocycles. The van der Waals surface area contributed by atoms with E-state index >= 15 is 0 Å². The van der Waals surface area contributed by atoms with Gasteiger partial charge in [0.05, 0.1) is 0 Å². The van der Waals surface area contributed by atoms with Crippen LogP contribution in [0.25, 0.3) is 0 Å². The summed E-state index contributed by atoms with van der Waals surface area (Å²) < 4.78 is 0. The van der Waals surface area contributed by atoms with Crippen LogP contribution in [0.2, 0.25) is 0 Å². The van der Waals surface area contributed by atoms with Crippen molar-refractivity contribution in [1.29, 1.82) is 0 Å². The third kappa shape index (κ3) is 4.15. The minimum atomic E-state index is -0.211. The zero-order valence-electron chi connectivity index (χ0n) is 15.4. The van der Waals surface area contributed by atoms with Gasteiger partial charge >= 0.3 is 0 Å². The minimum Gasteiger partial charge on any atom is -0.273 e. The Hall–Kier alpha value is -1.72. The van der Waals surface area contributed by atoms with Crippen molar-refractivity contribution in [3.8, 4) is 0 Å². The average Bonchev–Trinajstić information content (AvgIpc) is 3.41. The standard InChI is InChI=1S/C20H30N4O2/c25-19(23-21-11-17-9-13-1-3-15(17)7-13)5-6-20(26)24-22-12-18-10-14-2-4-16(18)8-14/h11-18H,1-10H2,(H,23,25)(H,24,26)/b21-11-,22-12-/t13-,14+,15-,16-,17+,18+/m0/s1. The summed E-state index contributed by atoms with van der Waals surface area (Å²) in [5.41, 5.74) is 5.11. The van der Waals surface area contributed by atoms with Crippen molar-refractivity contribution in [3.05, 3.63) is 0 Å². The maximum atomic E-state index is 11.8. The van der Waals surface area contributed by atoms with E-state index < -0.39 is 0 Å². The van der Waals surface area contributed by atoms with Crippen LogP contribution in [0.3, 0.4) is 0 Å². The Bertz CT molecular complexity index is 551. The number of amides is 2. The average molecular weight is 358 g/mol. The van der Waals surface area contributed by atoms with Gasteiger partial charge in [0, 0.05) is 25.3 Å². The fraction of sp³-hybridized carbons (Fsp3) is 0.800. The van der Waals surface area contributed by atoms with Crippen LogP contribution in [0.5, 0.6) is 0 Å². The van der Waals surface area contributed by atoms with E-state index in [-0.39, 0.29) is 24.7 Å². The fourth-order valence-electron chi connectivity index (χ4n) is 5.70. The molecule has 6 heteroatoms. The first-order chi connectivity index (χ1) is 12.7. The lowest BCUT2D eigenvalue weighted by molar-refractivity contribution is -0.126. The normalized spacial score (nSPS) is 37.8. The van der Waals surface area contributed by atoms with Crippen molar-refractivity contribution >= 4 is 24.2 Å². The minimum absolute atomic E-state index is 0.142. The summed E-state index contributed by atoms with van der Waals surface area (Å²) in [5, 5.41) is 8.20. The number of fused-ring (bicyclic) bond motifs is 4. The quantitative estimate of drug-likeness (QED) is 0.542. The Morgan fingerprint density at radius 3 is 1.54 bits per heavy atom. The van der Waals surface area contributed by atoms with Crippen molar-refractivity contribution in [2.45, 2.75) is 64.2 Å². The van der Waals surface area contributed by atoms with Crippen LogP contribution in [-0.4, -0.2) is 24.2 Å². The molecule has 4 rings (SSSR count). The molecule has 26 heavy (non-hydrogen) atoms. The largest absolute Gasteiger partial charge is 0.273 e. The van der Waals surface area contributed by atoms with Gasteiger partial charge in [0.2, 0.25) is 11.8 Å². The smallest absolute Gasteiger partial charge is 0.240 e. The lowest BCUT2D eigenvalue weighted by atomic mass is 9.90. The third-order valence-corrected chi connectivity index (χ3v) is 7.08. The van der Waals surface area contributed by atoms with Gasteiger partial charge in [-0.05, 0) is 74.0 Å². The number of hydrogen-bond donors (Lipinski definition) is 2. The highest BCUT2D eigenvalue weighted by atomic mass is 16.2. The molecule has 6 nitrogen and oxygen atoms in total. The lowest BCUT2D eigenvalue weighted by Crippen LogP contribution is -2.24. The molecule has 142 valence electrons. The van der Waals surface area contributed by atoms with Gasteiger partial charge in [-0.15, -0.1) is 0 Å². The molecule has 0 aromatic heterocycles. The summed E-state index contributed by atoms with van der Waals surface area (Å²) in [4.78, 5) is 23.6. The molecule has 6 atom stereocenters. The fourth-order valence-corrected chi connectivity index (χ4v) is 5.70.